The van der Waals surface area contributed by atoms with Crippen molar-refractivity contribution in [1.82, 2.24) is 19.3 Å². The van der Waals surface area contributed by atoms with E-state index in [-0.39, 0.29) is 6.09 Å². The molecule has 1 aromatic carbocycles. The summed E-state index contributed by atoms with van der Waals surface area (Å²) in [6.45, 7) is 7.14. The van der Waals surface area contributed by atoms with Gasteiger partial charge in [0.2, 0.25) is 0 Å². The van der Waals surface area contributed by atoms with Crippen LogP contribution in [0.3, 0.4) is 0 Å². The zero-order valence-electron chi connectivity index (χ0n) is 17.4. The molecule has 7 nitrogen and oxygen atoms in total. The van der Waals surface area contributed by atoms with Crippen molar-refractivity contribution in [1.29, 1.82) is 0 Å². The number of imidazole rings is 1. The molecule has 1 amide bonds. The molecular formula is C22H26BrN5O2. The summed E-state index contributed by atoms with van der Waals surface area (Å²) in [5.74, 6) is 1.16. The van der Waals surface area contributed by atoms with Gasteiger partial charge in [-0.25, -0.2) is 14.8 Å². The van der Waals surface area contributed by atoms with Gasteiger partial charge in [-0.05, 0) is 73.2 Å². The Kier molecular flexibility index (Phi) is 5.69. The molecule has 1 fully saturated rings. The van der Waals surface area contributed by atoms with Crippen LogP contribution in [0.25, 0.3) is 5.65 Å². The van der Waals surface area contributed by atoms with Crippen molar-refractivity contribution in [2.24, 2.45) is 0 Å². The van der Waals surface area contributed by atoms with E-state index in [9.17, 15) is 4.79 Å². The van der Waals surface area contributed by atoms with Crippen LogP contribution in [0.5, 0.6) is 0 Å². The summed E-state index contributed by atoms with van der Waals surface area (Å²) in [7, 11) is 0. The third-order valence-electron chi connectivity index (χ3n) is 5.17. The fourth-order valence-corrected chi connectivity index (χ4v) is 4.06. The second-order valence-electron chi connectivity index (χ2n) is 8.54. The summed E-state index contributed by atoms with van der Waals surface area (Å²) in [4.78, 5) is 22.9. The third-order valence-corrected chi connectivity index (χ3v) is 5.76. The Hall–Kier alpha value is -2.61. The minimum Gasteiger partial charge on any atom is -0.444 e. The monoisotopic (exact) mass is 471 g/mol. The highest BCUT2D eigenvalue weighted by Gasteiger charge is 2.27. The average Bonchev–Trinajstić information content (AvgIpc) is 3.21. The van der Waals surface area contributed by atoms with Gasteiger partial charge in [-0.15, -0.1) is 0 Å². The van der Waals surface area contributed by atoms with Crippen molar-refractivity contribution in [3.8, 4) is 0 Å². The van der Waals surface area contributed by atoms with Crippen LogP contribution in [-0.4, -0.2) is 44.1 Å². The van der Waals surface area contributed by atoms with Gasteiger partial charge in [0.1, 0.15) is 10.2 Å². The maximum atomic E-state index is 12.2. The first-order valence-corrected chi connectivity index (χ1v) is 10.9. The number of rotatable bonds is 3. The molecule has 1 aliphatic heterocycles. The molecule has 0 radical (unpaired) electrons. The smallest absolute Gasteiger partial charge is 0.410 e. The van der Waals surface area contributed by atoms with Gasteiger partial charge in [-0.1, -0.05) is 12.1 Å². The molecule has 0 aliphatic carbocycles. The van der Waals surface area contributed by atoms with Crippen molar-refractivity contribution in [2.75, 3.05) is 18.4 Å². The van der Waals surface area contributed by atoms with Gasteiger partial charge < -0.3 is 15.0 Å². The number of carbonyl (C=O) groups is 1. The lowest BCUT2D eigenvalue weighted by Gasteiger charge is -2.33. The number of benzene rings is 1. The Labute approximate surface area is 184 Å². The van der Waals surface area contributed by atoms with Crippen LogP contribution in [0.15, 0.2) is 47.5 Å². The van der Waals surface area contributed by atoms with Gasteiger partial charge in [-0.2, -0.15) is 0 Å². The first kappa shape index (κ1) is 20.7. The lowest BCUT2D eigenvalue weighted by Crippen LogP contribution is -2.41. The van der Waals surface area contributed by atoms with E-state index >= 15 is 0 Å². The number of fused-ring (bicyclic) bond motifs is 1. The van der Waals surface area contributed by atoms with Gasteiger partial charge in [-0.3, -0.25) is 4.40 Å². The quantitative estimate of drug-likeness (QED) is 0.557. The molecular weight excluding hydrogens is 446 g/mol. The number of likely N-dealkylation sites (tertiary alicyclic amines) is 1. The molecule has 2 aromatic heterocycles. The topological polar surface area (TPSA) is 71.8 Å². The molecule has 4 rings (SSSR count). The number of anilines is 2. The van der Waals surface area contributed by atoms with Crippen LogP contribution in [-0.2, 0) is 4.74 Å². The van der Waals surface area contributed by atoms with E-state index in [0.717, 1.165) is 41.9 Å². The van der Waals surface area contributed by atoms with Gasteiger partial charge >= 0.3 is 6.09 Å². The van der Waals surface area contributed by atoms with E-state index in [0.29, 0.717) is 11.7 Å². The summed E-state index contributed by atoms with van der Waals surface area (Å²) in [6, 6.07) is 8.44. The second-order valence-corrected chi connectivity index (χ2v) is 9.35. The van der Waals surface area contributed by atoms with E-state index in [1.807, 2.05) is 36.3 Å². The van der Waals surface area contributed by atoms with Crippen LogP contribution < -0.4 is 5.32 Å². The molecule has 0 atom stereocenters. The molecule has 1 aliphatic rings. The molecule has 1 N–H and O–H groups in total. The van der Waals surface area contributed by atoms with Gasteiger partial charge in [0.25, 0.3) is 0 Å². The number of hydrogen-bond acceptors (Lipinski definition) is 5. The van der Waals surface area contributed by atoms with Crippen LogP contribution in [0, 0.1) is 0 Å². The fraction of sp³-hybridized carbons (Fsp3) is 0.409. The van der Waals surface area contributed by atoms with Gasteiger partial charge in [0, 0.05) is 31.2 Å². The Bertz CT molecular complexity index is 1030. The van der Waals surface area contributed by atoms with Crippen molar-refractivity contribution >= 4 is 39.2 Å². The third kappa shape index (κ3) is 4.59. The molecule has 0 bridgehead atoms. The predicted molar refractivity (Wildman–Crippen MR) is 120 cm³/mol. The number of nitrogens with one attached hydrogen (secondary N) is 1. The molecule has 0 saturated carbocycles. The van der Waals surface area contributed by atoms with Crippen molar-refractivity contribution in [2.45, 2.75) is 45.1 Å². The Morgan fingerprint density at radius 2 is 1.87 bits per heavy atom. The van der Waals surface area contributed by atoms with Crippen LogP contribution in [0.1, 0.15) is 45.1 Å². The van der Waals surface area contributed by atoms with E-state index in [4.69, 9.17) is 4.74 Å². The molecule has 3 aromatic rings. The normalized spacial score (nSPS) is 15.4. The maximum absolute atomic E-state index is 12.2. The summed E-state index contributed by atoms with van der Waals surface area (Å²) in [6.07, 6.45) is 7.06. The van der Waals surface area contributed by atoms with Crippen molar-refractivity contribution in [3.05, 3.63) is 53.0 Å². The highest BCUT2D eigenvalue weighted by Crippen LogP contribution is 2.30. The first-order chi connectivity index (χ1) is 14.3. The van der Waals surface area contributed by atoms with E-state index in [1.165, 1.54) is 5.56 Å². The lowest BCUT2D eigenvalue weighted by atomic mass is 9.89. The number of piperidine rings is 1. The number of amides is 1. The molecule has 0 unspecified atom stereocenters. The average molecular weight is 472 g/mol. The van der Waals surface area contributed by atoms with Gasteiger partial charge in [0.05, 0.1) is 6.20 Å². The standard InChI is InChI=1S/C22H26BrN5O2/c1-22(2,3)30-21(29)27-11-8-16(9-12-27)15-4-6-17(7-5-15)26-19-20-24-10-13-28(20)18(23)14-25-19/h4-7,10,13-14,16H,8-9,11-12H2,1-3H3,(H,25,26). The summed E-state index contributed by atoms with van der Waals surface area (Å²) < 4.78 is 8.27. The SMILES string of the molecule is CC(C)(C)OC(=O)N1CCC(c2ccc(Nc3ncc(Br)n4ccnc34)cc2)CC1. The highest BCUT2D eigenvalue weighted by atomic mass is 79.9. The number of carbonyl (C=O) groups excluding carboxylic acids is 1. The summed E-state index contributed by atoms with van der Waals surface area (Å²) >= 11 is 3.48. The van der Waals surface area contributed by atoms with Crippen LogP contribution in [0.2, 0.25) is 0 Å². The largest absolute Gasteiger partial charge is 0.444 e. The van der Waals surface area contributed by atoms with Crippen LogP contribution in [0.4, 0.5) is 16.3 Å². The molecule has 8 heteroatoms. The number of hydrogen-bond donors (Lipinski definition) is 1. The van der Waals surface area contributed by atoms with Crippen molar-refractivity contribution < 1.29 is 9.53 Å². The Balaban J connectivity index is 1.38. The maximum Gasteiger partial charge on any atom is 0.410 e. The Morgan fingerprint density at radius 1 is 1.17 bits per heavy atom. The molecule has 158 valence electrons. The van der Waals surface area contributed by atoms with E-state index in [2.05, 4.69) is 55.5 Å². The van der Waals surface area contributed by atoms with Crippen LogP contribution >= 0.6 is 15.9 Å². The molecule has 3 heterocycles. The zero-order chi connectivity index (χ0) is 21.3. The van der Waals surface area contributed by atoms with E-state index < -0.39 is 5.60 Å². The number of ether oxygens (including phenoxy) is 1. The predicted octanol–water partition coefficient (Wildman–Crippen LogP) is 5.35. The van der Waals surface area contributed by atoms with E-state index in [1.54, 1.807) is 12.4 Å². The highest BCUT2D eigenvalue weighted by molar-refractivity contribution is 9.10. The molecule has 30 heavy (non-hydrogen) atoms. The lowest BCUT2D eigenvalue weighted by molar-refractivity contribution is 0.0205. The number of halogens is 1. The molecule has 1 saturated heterocycles. The number of aromatic nitrogens is 3. The number of nitrogens with zero attached hydrogens (tertiary/aromatic N) is 4. The minimum absolute atomic E-state index is 0.215. The fourth-order valence-electron chi connectivity index (χ4n) is 3.67. The first-order valence-electron chi connectivity index (χ1n) is 10.1. The summed E-state index contributed by atoms with van der Waals surface area (Å²) in [5, 5.41) is 3.35. The van der Waals surface area contributed by atoms with Crippen molar-refractivity contribution in [3.63, 3.8) is 0 Å². The molecule has 0 spiro atoms. The summed E-state index contributed by atoms with van der Waals surface area (Å²) in [5.41, 5.74) is 2.56. The second kappa shape index (κ2) is 8.26. The Morgan fingerprint density at radius 3 is 2.53 bits per heavy atom. The van der Waals surface area contributed by atoms with Gasteiger partial charge in [0.15, 0.2) is 11.5 Å². The zero-order valence-corrected chi connectivity index (χ0v) is 19.0. The minimum atomic E-state index is -0.456.